The Hall–Kier alpha value is -2.27. The van der Waals surface area contributed by atoms with Crippen LogP contribution in [0.4, 0.5) is 0 Å². The van der Waals surface area contributed by atoms with Crippen molar-refractivity contribution < 1.29 is 9.53 Å². The SMILES string of the molecule is COc1ccc(-n2c(C)cc(C(=O)N(C)C3CCNC3)c2C)cc1. The molecule has 128 valence electrons. The highest BCUT2D eigenvalue weighted by Crippen LogP contribution is 2.24. The van der Waals surface area contributed by atoms with Crippen LogP contribution in [-0.4, -0.2) is 48.7 Å². The summed E-state index contributed by atoms with van der Waals surface area (Å²) in [5.41, 5.74) is 3.84. The number of aryl methyl sites for hydroxylation is 1. The number of aromatic nitrogens is 1. The van der Waals surface area contributed by atoms with Gasteiger partial charge in [-0.1, -0.05) is 0 Å². The summed E-state index contributed by atoms with van der Waals surface area (Å²) in [4.78, 5) is 14.8. The topological polar surface area (TPSA) is 46.5 Å². The van der Waals surface area contributed by atoms with Crippen molar-refractivity contribution in [3.63, 3.8) is 0 Å². The first-order valence-corrected chi connectivity index (χ1v) is 8.34. The smallest absolute Gasteiger partial charge is 0.255 e. The largest absolute Gasteiger partial charge is 0.497 e. The average molecular weight is 327 g/mol. The van der Waals surface area contributed by atoms with Crippen LogP contribution >= 0.6 is 0 Å². The van der Waals surface area contributed by atoms with Gasteiger partial charge in [0.2, 0.25) is 0 Å². The lowest BCUT2D eigenvalue weighted by molar-refractivity contribution is 0.0743. The van der Waals surface area contributed by atoms with Crippen LogP contribution in [0.2, 0.25) is 0 Å². The predicted octanol–water partition coefficient (Wildman–Crippen LogP) is 2.54. The molecule has 0 spiro atoms. The van der Waals surface area contributed by atoms with Gasteiger partial charge in [0.25, 0.3) is 5.91 Å². The van der Waals surface area contributed by atoms with Crippen LogP contribution in [0.3, 0.4) is 0 Å². The summed E-state index contributed by atoms with van der Waals surface area (Å²) < 4.78 is 7.34. The highest BCUT2D eigenvalue weighted by Gasteiger charge is 2.26. The molecule has 1 aromatic carbocycles. The molecule has 1 aromatic heterocycles. The number of hydrogen-bond donors (Lipinski definition) is 1. The molecule has 1 unspecified atom stereocenters. The maximum atomic E-state index is 12.9. The molecule has 1 N–H and O–H groups in total. The van der Waals surface area contributed by atoms with Gasteiger partial charge in [-0.15, -0.1) is 0 Å². The van der Waals surface area contributed by atoms with Gasteiger partial charge in [0.15, 0.2) is 0 Å². The van der Waals surface area contributed by atoms with E-state index in [9.17, 15) is 4.79 Å². The maximum Gasteiger partial charge on any atom is 0.255 e. The van der Waals surface area contributed by atoms with Crippen molar-refractivity contribution in [2.24, 2.45) is 0 Å². The number of carbonyl (C=O) groups is 1. The van der Waals surface area contributed by atoms with E-state index in [1.807, 2.05) is 56.1 Å². The molecule has 1 aliphatic rings. The molecule has 1 saturated heterocycles. The monoisotopic (exact) mass is 327 g/mol. The van der Waals surface area contributed by atoms with E-state index < -0.39 is 0 Å². The van der Waals surface area contributed by atoms with E-state index in [2.05, 4.69) is 9.88 Å². The summed E-state index contributed by atoms with van der Waals surface area (Å²) in [6.07, 6.45) is 1.01. The Labute approximate surface area is 143 Å². The zero-order valence-electron chi connectivity index (χ0n) is 14.8. The van der Waals surface area contributed by atoms with Crippen molar-refractivity contribution >= 4 is 5.91 Å². The molecule has 2 aromatic rings. The molecule has 1 aliphatic heterocycles. The van der Waals surface area contributed by atoms with Crippen molar-refractivity contribution in [3.8, 4) is 11.4 Å². The van der Waals surface area contributed by atoms with E-state index in [4.69, 9.17) is 4.74 Å². The molecular weight excluding hydrogens is 302 g/mol. The second kappa shape index (κ2) is 6.69. The van der Waals surface area contributed by atoms with Gasteiger partial charge in [-0.3, -0.25) is 4.79 Å². The van der Waals surface area contributed by atoms with Crippen LogP contribution in [0.25, 0.3) is 5.69 Å². The number of nitrogens with one attached hydrogen (secondary N) is 1. The first-order chi connectivity index (χ1) is 11.5. The van der Waals surface area contributed by atoms with E-state index in [-0.39, 0.29) is 11.9 Å². The van der Waals surface area contributed by atoms with Crippen LogP contribution in [0, 0.1) is 13.8 Å². The second-order valence-corrected chi connectivity index (χ2v) is 6.38. The first kappa shape index (κ1) is 16.6. The third-order valence-corrected chi connectivity index (χ3v) is 4.89. The summed E-state index contributed by atoms with van der Waals surface area (Å²) in [5.74, 6) is 0.919. The van der Waals surface area contributed by atoms with Crippen LogP contribution in [0.5, 0.6) is 5.75 Å². The zero-order valence-corrected chi connectivity index (χ0v) is 14.8. The average Bonchev–Trinajstić information content (AvgIpc) is 3.22. The van der Waals surface area contributed by atoms with Gasteiger partial charge >= 0.3 is 0 Å². The summed E-state index contributed by atoms with van der Waals surface area (Å²) in [5, 5.41) is 3.32. The van der Waals surface area contributed by atoms with Gasteiger partial charge in [0.1, 0.15) is 5.75 Å². The molecule has 0 bridgehead atoms. The number of amides is 1. The van der Waals surface area contributed by atoms with Gasteiger partial charge in [0, 0.05) is 36.7 Å². The number of nitrogens with zero attached hydrogens (tertiary/aromatic N) is 2. The lowest BCUT2D eigenvalue weighted by Crippen LogP contribution is -2.38. The van der Waals surface area contributed by atoms with Gasteiger partial charge in [-0.05, 0) is 57.1 Å². The van der Waals surface area contributed by atoms with Crippen molar-refractivity contribution in [1.29, 1.82) is 0 Å². The summed E-state index contributed by atoms with van der Waals surface area (Å²) in [6.45, 7) is 5.89. The molecule has 2 heterocycles. The van der Waals surface area contributed by atoms with Gasteiger partial charge in [0.05, 0.1) is 12.7 Å². The van der Waals surface area contributed by atoms with E-state index in [1.54, 1.807) is 7.11 Å². The van der Waals surface area contributed by atoms with E-state index in [0.717, 1.165) is 47.9 Å². The normalized spacial score (nSPS) is 17.1. The standard InChI is InChI=1S/C19H25N3O2/c1-13-11-18(19(23)21(3)16-9-10-20-12-16)14(2)22(13)15-5-7-17(24-4)8-6-15/h5-8,11,16,20H,9-10,12H2,1-4H3. The summed E-state index contributed by atoms with van der Waals surface area (Å²) in [6, 6.07) is 10.2. The molecule has 24 heavy (non-hydrogen) atoms. The number of methoxy groups -OCH3 is 1. The fourth-order valence-electron chi connectivity index (χ4n) is 3.43. The Bertz CT molecular complexity index is 728. The molecule has 1 atom stereocenters. The minimum Gasteiger partial charge on any atom is -0.497 e. The lowest BCUT2D eigenvalue weighted by Gasteiger charge is -2.23. The Kier molecular flexibility index (Phi) is 4.62. The van der Waals surface area contributed by atoms with Gasteiger partial charge in [-0.25, -0.2) is 0 Å². The fourth-order valence-corrected chi connectivity index (χ4v) is 3.43. The molecule has 1 amide bonds. The fraction of sp³-hybridized carbons (Fsp3) is 0.421. The van der Waals surface area contributed by atoms with Gasteiger partial charge in [-0.2, -0.15) is 0 Å². The van der Waals surface area contributed by atoms with Gasteiger partial charge < -0.3 is 19.5 Å². The van der Waals surface area contributed by atoms with Crippen molar-refractivity contribution in [1.82, 2.24) is 14.8 Å². The molecule has 1 fully saturated rings. The summed E-state index contributed by atoms with van der Waals surface area (Å²) in [7, 11) is 3.56. The number of ether oxygens (including phenoxy) is 1. The Morgan fingerprint density at radius 2 is 2.00 bits per heavy atom. The third kappa shape index (κ3) is 2.91. The van der Waals surface area contributed by atoms with Crippen LogP contribution < -0.4 is 10.1 Å². The molecule has 0 saturated carbocycles. The number of rotatable bonds is 4. The van der Waals surface area contributed by atoms with E-state index in [0.29, 0.717) is 0 Å². The molecule has 0 aliphatic carbocycles. The first-order valence-electron chi connectivity index (χ1n) is 8.34. The zero-order chi connectivity index (χ0) is 17.3. The number of carbonyl (C=O) groups excluding carboxylic acids is 1. The third-order valence-electron chi connectivity index (χ3n) is 4.89. The molecular formula is C19H25N3O2. The minimum absolute atomic E-state index is 0.0940. The highest BCUT2D eigenvalue weighted by molar-refractivity contribution is 5.96. The van der Waals surface area contributed by atoms with Crippen molar-refractivity contribution in [3.05, 3.63) is 47.3 Å². The highest BCUT2D eigenvalue weighted by atomic mass is 16.5. The Balaban J connectivity index is 1.91. The lowest BCUT2D eigenvalue weighted by atomic mass is 10.1. The van der Waals surface area contributed by atoms with Crippen LogP contribution in [0.1, 0.15) is 28.2 Å². The summed E-state index contributed by atoms with van der Waals surface area (Å²) >= 11 is 0. The number of likely N-dealkylation sites (N-methyl/N-ethyl adjacent to an activating group) is 1. The second-order valence-electron chi connectivity index (χ2n) is 6.38. The Morgan fingerprint density at radius 3 is 2.58 bits per heavy atom. The Morgan fingerprint density at radius 1 is 1.29 bits per heavy atom. The quantitative estimate of drug-likeness (QED) is 0.939. The molecule has 5 heteroatoms. The number of hydrogen-bond acceptors (Lipinski definition) is 3. The predicted molar refractivity (Wildman–Crippen MR) is 95.2 cm³/mol. The van der Waals surface area contributed by atoms with Crippen LogP contribution in [-0.2, 0) is 0 Å². The van der Waals surface area contributed by atoms with E-state index >= 15 is 0 Å². The molecule has 3 rings (SSSR count). The molecule has 0 radical (unpaired) electrons. The van der Waals surface area contributed by atoms with Crippen LogP contribution in [0.15, 0.2) is 30.3 Å². The maximum absolute atomic E-state index is 12.9. The van der Waals surface area contributed by atoms with E-state index in [1.165, 1.54) is 0 Å². The minimum atomic E-state index is 0.0940. The van der Waals surface area contributed by atoms with Crippen molar-refractivity contribution in [2.75, 3.05) is 27.2 Å². The number of benzene rings is 1. The van der Waals surface area contributed by atoms with Crippen molar-refractivity contribution in [2.45, 2.75) is 26.3 Å². The molecule has 5 nitrogen and oxygen atoms in total.